The molecule has 3 N–H and O–H groups in total. The molecule has 0 aromatic heterocycles. The fraction of sp³-hybridized carbons (Fsp3) is 0.600. The van der Waals surface area contributed by atoms with E-state index in [2.05, 4.69) is 13.2 Å². The molecule has 0 spiro atoms. The number of rotatable bonds is 6. The minimum absolute atomic E-state index is 0.225. The zero-order valence-electron chi connectivity index (χ0n) is 8.03. The third kappa shape index (κ3) is 4.83. The molecule has 0 radical (unpaired) electrons. The number of hydrogen-bond acceptors (Lipinski definition) is 3. The highest BCUT2D eigenvalue weighted by atomic mass is 16.3. The van der Waals surface area contributed by atoms with Crippen LogP contribution in [0.2, 0.25) is 0 Å². The molecule has 76 valence electrons. The van der Waals surface area contributed by atoms with E-state index in [9.17, 15) is 10.2 Å². The van der Waals surface area contributed by atoms with E-state index < -0.39 is 11.7 Å². The molecule has 0 bridgehead atoms. The monoisotopic (exact) mass is 186 g/mol. The molecule has 0 aromatic carbocycles. The second kappa shape index (κ2) is 5.17. The molecule has 0 amide bonds. The van der Waals surface area contributed by atoms with E-state index in [1.54, 1.807) is 6.92 Å². The molecule has 0 aromatic rings. The van der Waals surface area contributed by atoms with Gasteiger partial charge in [0.15, 0.2) is 0 Å². The highest BCUT2D eigenvalue weighted by Gasteiger charge is 2.18. The zero-order valence-corrected chi connectivity index (χ0v) is 8.03. The maximum absolute atomic E-state index is 9.51. The van der Waals surface area contributed by atoms with Crippen LogP contribution in [-0.2, 0) is 0 Å². The van der Waals surface area contributed by atoms with E-state index >= 15 is 0 Å². The van der Waals surface area contributed by atoms with E-state index in [1.807, 2.05) is 0 Å². The molecule has 0 rings (SSSR count). The molecule has 2 atom stereocenters. The van der Waals surface area contributed by atoms with Gasteiger partial charge in [-0.1, -0.05) is 12.7 Å². The Morgan fingerprint density at radius 2 is 2.15 bits per heavy atom. The van der Waals surface area contributed by atoms with Crippen LogP contribution in [-0.4, -0.2) is 33.6 Å². The van der Waals surface area contributed by atoms with Crippen molar-refractivity contribution in [3.05, 3.63) is 24.8 Å². The Labute approximate surface area is 79.0 Å². The van der Waals surface area contributed by atoms with Gasteiger partial charge < -0.3 is 15.3 Å². The van der Waals surface area contributed by atoms with Gasteiger partial charge in [-0.25, -0.2) is 0 Å². The van der Waals surface area contributed by atoms with Crippen LogP contribution < -0.4 is 0 Å². The predicted octanol–water partition coefficient (Wildman–Crippen LogP) is 0.613. The van der Waals surface area contributed by atoms with Crippen molar-refractivity contribution in [3.63, 3.8) is 0 Å². The Hall–Kier alpha value is -0.640. The highest BCUT2D eigenvalue weighted by molar-refractivity contribution is 5.02. The maximum Gasteiger partial charge on any atom is 0.0798 e. The van der Waals surface area contributed by atoms with Crippen LogP contribution in [0.3, 0.4) is 0 Å². The van der Waals surface area contributed by atoms with Gasteiger partial charge in [-0.15, -0.1) is 6.58 Å². The molecule has 0 fully saturated rings. The first-order valence-electron chi connectivity index (χ1n) is 4.25. The minimum atomic E-state index is -0.962. The van der Waals surface area contributed by atoms with Gasteiger partial charge in [0.05, 0.1) is 18.3 Å². The fourth-order valence-electron chi connectivity index (χ4n) is 0.840. The quantitative estimate of drug-likeness (QED) is 0.533. The summed E-state index contributed by atoms with van der Waals surface area (Å²) in [5, 5.41) is 27.5. The molecule has 0 saturated heterocycles. The lowest BCUT2D eigenvalue weighted by Gasteiger charge is -2.20. The summed E-state index contributed by atoms with van der Waals surface area (Å²) in [6, 6.07) is 0. The van der Waals surface area contributed by atoms with Gasteiger partial charge in [-0.05, 0) is 25.3 Å². The summed E-state index contributed by atoms with van der Waals surface area (Å²) in [5.74, 6) is 0. The maximum atomic E-state index is 9.51. The molecule has 0 heterocycles. The first-order valence-corrected chi connectivity index (χ1v) is 4.25. The molecule has 13 heavy (non-hydrogen) atoms. The second-order valence-corrected chi connectivity index (χ2v) is 3.43. The Bertz CT molecular complexity index is 185. The fourth-order valence-corrected chi connectivity index (χ4v) is 0.840. The van der Waals surface area contributed by atoms with E-state index in [0.29, 0.717) is 18.4 Å². The standard InChI is InChI=1S/C10H18O3/c1-4-10(3,13)6-5-9(12)8(2)7-11/h4,9,11-13H,1-2,5-7H2,3H3/t9-,10-/m1/s1. The molecule has 0 aliphatic heterocycles. The Morgan fingerprint density at radius 1 is 1.62 bits per heavy atom. The smallest absolute Gasteiger partial charge is 0.0798 e. The number of hydrogen-bond donors (Lipinski definition) is 3. The lowest BCUT2D eigenvalue weighted by atomic mass is 9.96. The summed E-state index contributed by atoms with van der Waals surface area (Å²) < 4.78 is 0. The average Bonchev–Trinajstić information content (AvgIpc) is 2.13. The third-order valence-electron chi connectivity index (χ3n) is 2.04. The summed E-state index contributed by atoms with van der Waals surface area (Å²) in [7, 11) is 0. The van der Waals surface area contributed by atoms with Crippen LogP contribution in [0.1, 0.15) is 19.8 Å². The van der Waals surface area contributed by atoms with Crippen LogP contribution in [0.4, 0.5) is 0 Å². The number of aliphatic hydroxyl groups excluding tert-OH is 2. The Kier molecular flexibility index (Phi) is 4.91. The van der Waals surface area contributed by atoms with Crippen LogP contribution >= 0.6 is 0 Å². The van der Waals surface area contributed by atoms with Crippen LogP contribution in [0, 0.1) is 0 Å². The highest BCUT2D eigenvalue weighted by Crippen LogP contribution is 2.16. The topological polar surface area (TPSA) is 60.7 Å². The second-order valence-electron chi connectivity index (χ2n) is 3.43. The molecule has 0 saturated carbocycles. The average molecular weight is 186 g/mol. The van der Waals surface area contributed by atoms with E-state index in [4.69, 9.17) is 5.11 Å². The Morgan fingerprint density at radius 3 is 2.54 bits per heavy atom. The van der Waals surface area contributed by atoms with Crippen molar-refractivity contribution in [1.82, 2.24) is 0 Å². The van der Waals surface area contributed by atoms with E-state index in [1.165, 1.54) is 6.08 Å². The van der Waals surface area contributed by atoms with Gasteiger partial charge in [-0.2, -0.15) is 0 Å². The SMILES string of the molecule is C=C[C@@](C)(O)CC[C@@H](O)C(=C)CO. The predicted molar refractivity (Wildman–Crippen MR) is 52.3 cm³/mol. The van der Waals surface area contributed by atoms with Gasteiger partial charge in [0.2, 0.25) is 0 Å². The normalized spacial score (nSPS) is 17.5. The van der Waals surface area contributed by atoms with Crippen molar-refractivity contribution in [2.24, 2.45) is 0 Å². The summed E-state index contributed by atoms with van der Waals surface area (Å²) in [6.45, 7) is 8.36. The molecule has 0 unspecified atom stereocenters. The van der Waals surface area contributed by atoms with Crippen molar-refractivity contribution < 1.29 is 15.3 Å². The van der Waals surface area contributed by atoms with Crippen molar-refractivity contribution in [2.75, 3.05) is 6.61 Å². The first-order chi connectivity index (χ1) is 5.93. The van der Waals surface area contributed by atoms with Gasteiger partial charge in [0, 0.05) is 0 Å². The van der Waals surface area contributed by atoms with Crippen molar-refractivity contribution >= 4 is 0 Å². The van der Waals surface area contributed by atoms with Gasteiger partial charge in [0.1, 0.15) is 0 Å². The van der Waals surface area contributed by atoms with Gasteiger partial charge >= 0.3 is 0 Å². The van der Waals surface area contributed by atoms with Crippen LogP contribution in [0.15, 0.2) is 24.8 Å². The molecule has 3 nitrogen and oxygen atoms in total. The largest absolute Gasteiger partial charge is 0.392 e. The molecule has 0 aliphatic carbocycles. The molecular weight excluding hydrogens is 168 g/mol. The third-order valence-corrected chi connectivity index (χ3v) is 2.04. The zero-order chi connectivity index (χ0) is 10.5. The minimum Gasteiger partial charge on any atom is -0.392 e. The first kappa shape index (κ1) is 12.4. The molecule has 3 heteroatoms. The summed E-state index contributed by atoms with van der Waals surface area (Å²) in [6.07, 6.45) is 1.45. The summed E-state index contributed by atoms with van der Waals surface area (Å²) in [5.41, 5.74) is -0.587. The van der Waals surface area contributed by atoms with Gasteiger partial charge in [0.25, 0.3) is 0 Å². The van der Waals surface area contributed by atoms with Crippen molar-refractivity contribution in [2.45, 2.75) is 31.5 Å². The van der Waals surface area contributed by atoms with Gasteiger partial charge in [-0.3, -0.25) is 0 Å². The molecule has 0 aliphatic rings. The molecular formula is C10H18O3. The van der Waals surface area contributed by atoms with Crippen molar-refractivity contribution in [1.29, 1.82) is 0 Å². The van der Waals surface area contributed by atoms with Crippen LogP contribution in [0.5, 0.6) is 0 Å². The summed E-state index contributed by atoms with van der Waals surface area (Å²) >= 11 is 0. The lowest BCUT2D eigenvalue weighted by Crippen LogP contribution is -2.24. The lowest BCUT2D eigenvalue weighted by molar-refractivity contribution is 0.0786. The Balaban J connectivity index is 3.89. The summed E-state index contributed by atoms with van der Waals surface area (Å²) in [4.78, 5) is 0. The van der Waals surface area contributed by atoms with Crippen molar-refractivity contribution in [3.8, 4) is 0 Å². The van der Waals surface area contributed by atoms with Crippen LogP contribution in [0.25, 0.3) is 0 Å². The van der Waals surface area contributed by atoms with E-state index in [-0.39, 0.29) is 6.61 Å². The van der Waals surface area contributed by atoms with E-state index in [0.717, 1.165) is 0 Å². The number of aliphatic hydroxyl groups is 3.